The third-order valence-electron chi connectivity index (χ3n) is 3.94. The van der Waals surface area contributed by atoms with E-state index in [4.69, 9.17) is 0 Å². The van der Waals surface area contributed by atoms with Crippen molar-refractivity contribution in [2.45, 2.75) is 13.8 Å². The van der Waals surface area contributed by atoms with Crippen molar-refractivity contribution in [1.29, 1.82) is 0 Å². The molecule has 0 unspecified atom stereocenters. The molecular weight excluding hydrogens is 268 g/mol. The first-order valence-electron chi connectivity index (χ1n) is 7.43. The van der Waals surface area contributed by atoms with Gasteiger partial charge in [0.25, 0.3) is 0 Å². The highest BCUT2D eigenvalue weighted by Gasteiger charge is 2.14. The van der Waals surface area contributed by atoms with Crippen molar-refractivity contribution in [1.82, 2.24) is 0 Å². The molecule has 0 atom stereocenters. The van der Waals surface area contributed by atoms with E-state index < -0.39 is 0 Å². The first-order chi connectivity index (χ1) is 10.7. The van der Waals surface area contributed by atoms with Crippen LogP contribution >= 0.6 is 0 Å². The van der Waals surface area contributed by atoms with Gasteiger partial charge in [-0.05, 0) is 42.2 Å². The van der Waals surface area contributed by atoms with Gasteiger partial charge in [0.2, 0.25) is 0 Å². The van der Waals surface area contributed by atoms with Crippen LogP contribution in [0.4, 0.5) is 0 Å². The standard InChI is InChI=1S/C21H18O/c1-15-8-6-9-16(2)20(15)21(22)19-13-7-12-18(14-19)17-10-4-3-5-11-17/h3-14H,1-2H3. The molecule has 1 nitrogen and oxygen atoms in total. The lowest BCUT2D eigenvalue weighted by molar-refractivity contribution is 0.103. The number of hydrogen-bond acceptors (Lipinski definition) is 1. The second-order valence-corrected chi connectivity index (χ2v) is 5.54. The topological polar surface area (TPSA) is 17.1 Å². The molecule has 0 fully saturated rings. The summed E-state index contributed by atoms with van der Waals surface area (Å²) in [5.74, 6) is 0.0911. The van der Waals surface area contributed by atoms with Gasteiger partial charge in [0.15, 0.2) is 5.78 Å². The van der Waals surface area contributed by atoms with Crippen molar-refractivity contribution in [3.8, 4) is 11.1 Å². The predicted molar refractivity (Wildman–Crippen MR) is 91.2 cm³/mol. The lowest BCUT2D eigenvalue weighted by Crippen LogP contribution is -2.06. The Hall–Kier alpha value is -2.67. The third kappa shape index (κ3) is 2.71. The SMILES string of the molecule is Cc1cccc(C)c1C(=O)c1cccc(-c2ccccc2)c1. The van der Waals surface area contributed by atoms with Gasteiger partial charge < -0.3 is 0 Å². The van der Waals surface area contributed by atoms with Gasteiger partial charge in [-0.15, -0.1) is 0 Å². The number of aryl methyl sites for hydroxylation is 2. The van der Waals surface area contributed by atoms with E-state index in [2.05, 4.69) is 12.1 Å². The molecule has 0 aromatic heterocycles. The molecule has 0 aliphatic carbocycles. The number of carbonyl (C=O) groups excluding carboxylic acids is 1. The van der Waals surface area contributed by atoms with E-state index >= 15 is 0 Å². The lowest BCUT2D eigenvalue weighted by atomic mass is 9.93. The molecule has 0 aliphatic heterocycles. The average Bonchev–Trinajstić information content (AvgIpc) is 2.55. The molecule has 0 N–H and O–H groups in total. The van der Waals surface area contributed by atoms with Crippen molar-refractivity contribution in [3.05, 3.63) is 95.1 Å². The van der Waals surface area contributed by atoms with E-state index in [1.54, 1.807) is 0 Å². The Bertz CT molecular complexity index is 796. The van der Waals surface area contributed by atoms with Crippen LogP contribution in [0.25, 0.3) is 11.1 Å². The van der Waals surface area contributed by atoms with Gasteiger partial charge in [-0.1, -0.05) is 66.7 Å². The van der Waals surface area contributed by atoms with Crippen LogP contribution in [0.2, 0.25) is 0 Å². The summed E-state index contributed by atoms with van der Waals surface area (Å²) in [6.07, 6.45) is 0. The van der Waals surface area contributed by atoms with Crippen molar-refractivity contribution < 1.29 is 4.79 Å². The molecule has 0 radical (unpaired) electrons. The summed E-state index contributed by atoms with van der Waals surface area (Å²) in [6.45, 7) is 3.97. The number of carbonyl (C=O) groups is 1. The fourth-order valence-corrected chi connectivity index (χ4v) is 2.79. The molecule has 0 spiro atoms. The number of rotatable bonds is 3. The molecule has 0 aliphatic rings. The Labute approximate surface area is 131 Å². The second kappa shape index (κ2) is 5.98. The minimum Gasteiger partial charge on any atom is -0.289 e. The van der Waals surface area contributed by atoms with Gasteiger partial charge in [0.05, 0.1) is 0 Å². The van der Waals surface area contributed by atoms with Crippen LogP contribution in [-0.2, 0) is 0 Å². The molecule has 0 bridgehead atoms. The Morgan fingerprint density at radius 2 is 1.27 bits per heavy atom. The van der Waals surface area contributed by atoms with Crippen LogP contribution in [0, 0.1) is 13.8 Å². The van der Waals surface area contributed by atoms with E-state index in [-0.39, 0.29) is 5.78 Å². The average molecular weight is 286 g/mol. The van der Waals surface area contributed by atoms with Gasteiger partial charge in [0, 0.05) is 11.1 Å². The Kier molecular flexibility index (Phi) is 3.88. The smallest absolute Gasteiger partial charge is 0.193 e. The molecule has 0 saturated heterocycles. The maximum absolute atomic E-state index is 12.9. The zero-order valence-electron chi connectivity index (χ0n) is 12.8. The molecule has 3 rings (SSSR count). The van der Waals surface area contributed by atoms with E-state index in [0.29, 0.717) is 0 Å². The highest BCUT2D eigenvalue weighted by molar-refractivity contribution is 6.11. The molecule has 3 aromatic carbocycles. The maximum Gasteiger partial charge on any atom is 0.193 e. The molecule has 108 valence electrons. The van der Waals surface area contributed by atoms with E-state index in [1.807, 2.05) is 74.5 Å². The van der Waals surface area contributed by atoms with Gasteiger partial charge in [-0.2, -0.15) is 0 Å². The highest BCUT2D eigenvalue weighted by Crippen LogP contribution is 2.23. The summed E-state index contributed by atoms with van der Waals surface area (Å²) in [4.78, 5) is 12.9. The molecule has 3 aromatic rings. The fourth-order valence-electron chi connectivity index (χ4n) is 2.79. The Morgan fingerprint density at radius 1 is 0.682 bits per heavy atom. The monoisotopic (exact) mass is 286 g/mol. The summed E-state index contributed by atoms with van der Waals surface area (Å²) in [6, 6.07) is 23.9. The summed E-state index contributed by atoms with van der Waals surface area (Å²) in [7, 11) is 0. The highest BCUT2D eigenvalue weighted by atomic mass is 16.1. The van der Waals surface area contributed by atoms with Crippen LogP contribution in [0.5, 0.6) is 0 Å². The van der Waals surface area contributed by atoms with Crippen LogP contribution in [0.3, 0.4) is 0 Å². The minimum atomic E-state index is 0.0911. The summed E-state index contributed by atoms with van der Waals surface area (Å²) < 4.78 is 0. The quantitative estimate of drug-likeness (QED) is 0.605. The Balaban J connectivity index is 2.04. The first kappa shape index (κ1) is 14.3. The zero-order chi connectivity index (χ0) is 15.5. The summed E-state index contributed by atoms with van der Waals surface area (Å²) >= 11 is 0. The van der Waals surface area contributed by atoms with E-state index in [9.17, 15) is 4.79 Å². The van der Waals surface area contributed by atoms with Crippen molar-refractivity contribution in [3.63, 3.8) is 0 Å². The largest absolute Gasteiger partial charge is 0.289 e. The Morgan fingerprint density at radius 3 is 1.95 bits per heavy atom. The number of hydrogen-bond donors (Lipinski definition) is 0. The third-order valence-corrected chi connectivity index (χ3v) is 3.94. The zero-order valence-corrected chi connectivity index (χ0v) is 12.8. The molecule has 22 heavy (non-hydrogen) atoms. The van der Waals surface area contributed by atoms with Gasteiger partial charge in [-0.25, -0.2) is 0 Å². The van der Waals surface area contributed by atoms with E-state index in [0.717, 1.165) is 33.4 Å². The molecule has 1 heteroatoms. The van der Waals surface area contributed by atoms with Crippen molar-refractivity contribution in [2.24, 2.45) is 0 Å². The van der Waals surface area contributed by atoms with Crippen molar-refractivity contribution in [2.75, 3.05) is 0 Å². The molecule has 0 amide bonds. The minimum absolute atomic E-state index is 0.0911. The lowest BCUT2D eigenvalue weighted by Gasteiger charge is -2.10. The normalized spacial score (nSPS) is 10.5. The summed E-state index contributed by atoms with van der Waals surface area (Å²) in [5.41, 5.74) is 5.79. The van der Waals surface area contributed by atoms with Crippen LogP contribution < -0.4 is 0 Å². The van der Waals surface area contributed by atoms with Gasteiger partial charge in [0.1, 0.15) is 0 Å². The van der Waals surface area contributed by atoms with Crippen LogP contribution in [-0.4, -0.2) is 5.78 Å². The maximum atomic E-state index is 12.9. The van der Waals surface area contributed by atoms with Crippen LogP contribution in [0.1, 0.15) is 27.0 Å². The first-order valence-corrected chi connectivity index (χ1v) is 7.43. The molecule has 0 saturated carbocycles. The van der Waals surface area contributed by atoms with E-state index in [1.165, 1.54) is 0 Å². The van der Waals surface area contributed by atoms with Crippen LogP contribution in [0.15, 0.2) is 72.8 Å². The second-order valence-electron chi connectivity index (χ2n) is 5.54. The van der Waals surface area contributed by atoms with Gasteiger partial charge >= 0.3 is 0 Å². The van der Waals surface area contributed by atoms with Crippen molar-refractivity contribution >= 4 is 5.78 Å². The summed E-state index contributed by atoms with van der Waals surface area (Å²) in [5, 5.41) is 0. The number of ketones is 1. The van der Waals surface area contributed by atoms with Gasteiger partial charge in [-0.3, -0.25) is 4.79 Å². The molecular formula is C21H18O. The predicted octanol–water partition coefficient (Wildman–Crippen LogP) is 5.20. The fraction of sp³-hybridized carbons (Fsp3) is 0.0952. The number of benzene rings is 3. The molecule has 0 heterocycles.